The maximum absolute atomic E-state index is 13.2. The zero-order valence-electron chi connectivity index (χ0n) is 20.7. The summed E-state index contributed by atoms with van der Waals surface area (Å²) in [5.41, 5.74) is 1.48. The summed E-state index contributed by atoms with van der Waals surface area (Å²) in [7, 11) is 0. The summed E-state index contributed by atoms with van der Waals surface area (Å²) in [6.07, 6.45) is 0.746. The Morgan fingerprint density at radius 3 is 2.63 bits per heavy atom. The van der Waals surface area contributed by atoms with Crippen molar-refractivity contribution in [1.29, 1.82) is 0 Å². The summed E-state index contributed by atoms with van der Waals surface area (Å²) in [4.78, 5) is 31.1. The number of carbonyl (C=O) groups excluding carboxylic acids is 2. The lowest BCUT2D eigenvalue weighted by Gasteiger charge is -2.28. The minimum atomic E-state index is -0.633. The van der Waals surface area contributed by atoms with Gasteiger partial charge in [-0.15, -0.1) is 11.3 Å². The number of carbonyl (C=O) groups is 2. The van der Waals surface area contributed by atoms with Crippen molar-refractivity contribution in [3.63, 3.8) is 0 Å². The van der Waals surface area contributed by atoms with Gasteiger partial charge in [0.05, 0.1) is 31.4 Å². The van der Waals surface area contributed by atoms with E-state index in [2.05, 4.69) is 18.7 Å². The standard InChI is InChI=1S/C27H34N2O5S/c1-18(2)17-34-20-7-8-21(19(3)16-20)25(30)23-24(22-6-4-15-35-22)29(27(32)26(23)31)10-5-9-28-11-13-33-14-12-28/h4,6-8,15-16,18,24,30H,5,9-14,17H2,1-3H3/t24-/m1/s1. The lowest BCUT2D eigenvalue weighted by molar-refractivity contribution is -0.140. The Labute approximate surface area is 210 Å². The van der Waals surface area contributed by atoms with Gasteiger partial charge in [-0.3, -0.25) is 14.5 Å². The van der Waals surface area contributed by atoms with Crippen LogP contribution in [0, 0.1) is 12.8 Å². The molecule has 7 nitrogen and oxygen atoms in total. The van der Waals surface area contributed by atoms with E-state index in [1.165, 1.54) is 11.3 Å². The van der Waals surface area contributed by atoms with Crippen LogP contribution in [-0.4, -0.2) is 72.6 Å². The van der Waals surface area contributed by atoms with Gasteiger partial charge < -0.3 is 19.5 Å². The molecule has 0 aliphatic carbocycles. The minimum absolute atomic E-state index is 0.134. The third-order valence-corrected chi connectivity index (χ3v) is 7.29. The van der Waals surface area contributed by atoms with E-state index >= 15 is 0 Å². The molecule has 2 aliphatic rings. The second-order valence-corrected chi connectivity index (χ2v) is 10.5. The Bertz CT molecular complexity index is 1070. The lowest BCUT2D eigenvalue weighted by Crippen LogP contribution is -2.38. The molecule has 0 saturated carbocycles. The van der Waals surface area contributed by atoms with Crippen molar-refractivity contribution in [2.75, 3.05) is 46.0 Å². The molecule has 0 bridgehead atoms. The minimum Gasteiger partial charge on any atom is -0.507 e. The fourth-order valence-electron chi connectivity index (χ4n) is 4.54. The Kier molecular flexibility index (Phi) is 8.26. The number of hydrogen-bond donors (Lipinski definition) is 1. The van der Waals surface area contributed by atoms with Gasteiger partial charge in [-0.25, -0.2) is 0 Å². The van der Waals surface area contributed by atoms with Crippen LogP contribution in [0.1, 0.15) is 42.3 Å². The summed E-state index contributed by atoms with van der Waals surface area (Å²) in [5, 5.41) is 13.3. The molecule has 4 rings (SSSR count). The molecule has 2 saturated heterocycles. The first-order chi connectivity index (χ1) is 16.9. The summed E-state index contributed by atoms with van der Waals surface area (Å²) >= 11 is 1.48. The Morgan fingerprint density at radius 1 is 1.20 bits per heavy atom. The van der Waals surface area contributed by atoms with E-state index in [1.807, 2.05) is 30.5 Å². The van der Waals surface area contributed by atoms with Crippen LogP contribution in [0.5, 0.6) is 5.75 Å². The number of amides is 1. The van der Waals surface area contributed by atoms with Crippen LogP contribution in [0.3, 0.4) is 0 Å². The monoisotopic (exact) mass is 498 g/mol. The molecule has 8 heteroatoms. The molecule has 2 aliphatic heterocycles. The summed E-state index contributed by atoms with van der Waals surface area (Å²) in [6, 6.07) is 8.64. The smallest absolute Gasteiger partial charge is 0.295 e. The third-order valence-electron chi connectivity index (χ3n) is 6.37. The van der Waals surface area contributed by atoms with Gasteiger partial charge in [0.2, 0.25) is 0 Å². The number of aliphatic hydroxyl groups excluding tert-OH is 1. The number of aliphatic hydroxyl groups is 1. The molecule has 35 heavy (non-hydrogen) atoms. The molecule has 2 fully saturated rings. The van der Waals surface area contributed by atoms with Gasteiger partial charge >= 0.3 is 0 Å². The van der Waals surface area contributed by atoms with Gasteiger partial charge in [-0.2, -0.15) is 0 Å². The SMILES string of the molecule is Cc1cc(OCC(C)C)ccc1C(O)=C1C(=O)C(=O)N(CCCN2CCOCC2)[C@@H]1c1cccs1. The maximum Gasteiger partial charge on any atom is 0.295 e. The molecule has 1 aromatic heterocycles. The van der Waals surface area contributed by atoms with Crippen molar-refractivity contribution in [3.8, 4) is 5.75 Å². The van der Waals surface area contributed by atoms with E-state index < -0.39 is 17.7 Å². The molecule has 1 aromatic carbocycles. The molecule has 3 heterocycles. The Morgan fingerprint density at radius 2 is 1.97 bits per heavy atom. The number of rotatable bonds is 9. The zero-order valence-corrected chi connectivity index (χ0v) is 21.5. The van der Waals surface area contributed by atoms with Crippen molar-refractivity contribution in [3.05, 3.63) is 57.3 Å². The highest BCUT2D eigenvalue weighted by atomic mass is 32.1. The molecule has 2 aromatic rings. The maximum atomic E-state index is 13.2. The van der Waals surface area contributed by atoms with E-state index in [4.69, 9.17) is 9.47 Å². The third kappa shape index (κ3) is 5.77. The highest BCUT2D eigenvalue weighted by molar-refractivity contribution is 7.10. The number of hydrogen-bond acceptors (Lipinski definition) is 7. The highest BCUT2D eigenvalue weighted by Crippen LogP contribution is 2.41. The summed E-state index contributed by atoms with van der Waals surface area (Å²) in [6.45, 7) is 11.1. The number of aryl methyl sites for hydroxylation is 1. The Hall–Kier alpha value is -2.68. The largest absolute Gasteiger partial charge is 0.507 e. The van der Waals surface area contributed by atoms with Crippen LogP contribution in [0.4, 0.5) is 0 Å². The van der Waals surface area contributed by atoms with Crippen LogP contribution in [0.25, 0.3) is 5.76 Å². The Balaban J connectivity index is 1.61. The number of ketones is 1. The molecular formula is C27H34N2O5S. The predicted molar refractivity (Wildman–Crippen MR) is 137 cm³/mol. The molecule has 188 valence electrons. The van der Waals surface area contributed by atoms with Crippen molar-refractivity contribution in [1.82, 2.24) is 9.80 Å². The number of thiophene rings is 1. The predicted octanol–water partition coefficient (Wildman–Crippen LogP) is 4.24. The van der Waals surface area contributed by atoms with E-state index in [-0.39, 0.29) is 11.3 Å². The van der Waals surface area contributed by atoms with E-state index in [0.29, 0.717) is 30.4 Å². The van der Waals surface area contributed by atoms with Crippen molar-refractivity contribution >= 4 is 28.8 Å². The molecule has 0 unspecified atom stereocenters. The van der Waals surface area contributed by atoms with Crippen LogP contribution < -0.4 is 4.74 Å². The van der Waals surface area contributed by atoms with E-state index in [1.54, 1.807) is 17.0 Å². The lowest BCUT2D eigenvalue weighted by atomic mass is 9.97. The van der Waals surface area contributed by atoms with Crippen molar-refractivity contribution in [2.24, 2.45) is 5.92 Å². The molecule has 0 radical (unpaired) electrons. The van der Waals surface area contributed by atoms with Gasteiger partial charge in [0, 0.05) is 36.6 Å². The second-order valence-electron chi connectivity index (χ2n) is 9.50. The average Bonchev–Trinajstić information content (AvgIpc) is 3.46. The van der Waals surface area contributed by atoms with Crippen LogP contribution in [0.15, 0.2) is 41.3 Å². The molecule has 0 spiro atoms. The number of nitrogens with zero attached hydrogens (tertiary/aromatic N) is 2. The summed E-state index contributed by atoms with van der Waals surface area (Å²) < 4.78 is 11.2. The van der Waals surface area contributed by atoms with Crippen molar-refractivity contribution in [2.45, 2.75) is 33.2 Å². The first-order valence-corrected chi connectivity index (χ1v) is 13.1. The van der Waals surface area contributed by atoms with Gasteiger partial charge in [-0.05, 0) is 54.5 Å². The van der Waals surface area contributed by atoms with Gasteiger partial charge in [0.1, 0.15) is 11.5 Å². The number of benzene rings is 1. The fraction of sp³-hybridized carbons (Fsp3) is 0.481. The molecule has 1 amide bonds. The van der Waals surface area contributed by atoms with Crippen LogP contribution >= 0.6 is 11.3 Å². The first-order valence-electron chi connectivity index (χ1n) is 12.2. The number of Topliss-reactive ketones (excluding diaryl/α,β-unsaturated/α-hetero) is 1. The zero-order chi connectivity index (χ0) is 24.9. The first kappa shape index (κ1) is 25.4. The topological polar surface area (TPSA) is 79.3 Å². The van der Waals surface area contributed by atoms with Crippen LogP contribution in [-0.2, 0) is 14.3 Å². The highest BCUT2D eigenvalue weighted by Gasteiger charge is 2.46. The van der Waals surface area contributed by atoms with Gasteiger partial charge in [0.15, 0.2) is 0 Å². The van der Waals surface area contributed by atoms with E-state index in [9.17, 15) is 14.7 Å². The van der Waals surface area contributed by atoms with Gasteiger partial charge in [-0.1, -0.05) is 19.9 Å². The fourth-order valence-corrected chi connectivity index (χ4v) is 5.39. The molecular weight excluding hydrogens is 464 g/mol. The van der Waals surface area contributed by atoms with Gasteiger partial charge in [0.25, 0.3) is 11.7 Å². The normalized spacial score (nSPS) is 20.7. The van der Waals surface area contributed by atoms with Crippen molar-refractivity contribution < 1.29 is 24.2 Å². The average molecular weight is 499 g/mol. The quantitative estimate of drug-likeness (QED) is 0.317. The summed E-state index contributed by atoms with van der Waals surface area (Å²) in [5.74, 6) is -0.210. The van der Waals surface area contributed by atoms with Crippen LogP contribution in [0.2, 0.25) is 0 Å². The number of morpholine rings is 1. The second kappa shape index (κ2) is 11.4. The van der Waals surface area contributed by atoms with E-state index in [0.717, 1.165) is 49.7 Å². The number of ether oxygens (including phenoxy) is 2. The molecule has 1 atom stereocenters. The molecule has 1 N–H and O–H groups in total. The number of likely N-dealkylation sites (tertiary alicyclic amines) is 1.